The molecule has 96 valence electrons. The van der Waals surface area contributed by atoms with E-state index in [2.05, 4.69) is 15.5 Å². The fraction of sp³-hybridized carbons (Fsp3) is 0.818. The summed E-state index contributed by atoms with van der Waals surface area (Å²) in [6, 6.07) is 0.490. The predicted molar refractivity (Wildman–Crippen MR) is 68.2 cm³/mol. The maximum Gasteiger partial charge on any atom is 0.321 e. The first-order valence-electron chi connectivity index (χ1n) is 6.05. The fourth-order valence-electron chi connectivity index (χ4n) is 1.89. The molecule has 0 saturated heterocycles. The number of nitrogens with one attached hydrogen (secondary N) is 1. The molecular formula is C11H19N3O2S. The molecule has 0 unspecified atom stereocenters. The van der Waals surface area contributed by atoms with Crippen molar-refractivity contribution in [3.63, 3.8) is 0 Å². The lowest BCUT2D eigenvalue weighted by Gasteiger charge is -2.04. The SMILES string of the molecule is COCCNc1nc(CSC2CCCC2)no1. The van der Waals surface area contributed by atoms with Gasteiger partial charge in [-0.25, -0.2) is 0 Å². The van der Waals surface area contributed by atoms with Gasteiger partial charge in [0.2, 0.25) is 0 Å². The lowest BCUT2D eigenvalue weighted by Crippen LogP contribution is -2.07. The summed E-state index contributed by atoms with van der Waals surface area (Å²) >= 11 is 1.94. The minimum atomic E-state index is 0.490. The fourth-order valence-corrected chi connectivity index (χ4v) is 3.06. The number of hydrogen-bond acceptors (Lipinski definition) is 6. The predicted octanol–water partition coefficient (Wildman–Crippen LogP) is 2.30. The van der Waals surface area contributed by atoms with Crippen LogP contribution < -0.4 is 5.32 Å². The lowest BCUT2D eigenvalue weighted by atomic mass is 10.4. The molecule has 0 bridgehead atoms. The zero-order valence-electron chi connectivity index (χ0n) is 10.1. The highest BCUT2D eigenvalue weighted by Crippen LogP contribution is 2.31. The van der Waals surface area contributed by atoms with E-state index in [0.717, 1.165) is 16.8 Å². The quantitative estimate of drug-likeness (QED) is 0.756. The Balaban J connectivity index is 1.69. The minimum Gasteiger partial charge on any atom is -0.383 e. The molecule has 1 fully saturated rings. The molecule has 0 spiro atoms. The van der Waals surface area contributed by atoms with Gasteiger partial charge in [-0.3, -0.25) is 0 Å². The summed E-state index contributed by atoms with van der Waals surface area (Å²) in [4.78, 5) is 4.28. The van der Waals surface area contributed by atoms with Crippen LogP contribution in [0.25, 0.3) is 0 Å². The van der Waals surface area contributed by atoms with Crippen molar-refractivity contribution in [3.8, 4) is 0 Å². The Hall–Kier alpha value is -0.750. The highest BCUT2D eigenvalue weighted by atomic mass is 32.2. The Labute approximate surface area is 106 Å². The largest absolute Gasteiger partial charge is 0.383 e. The molecule has 1 aromatic heterocycles. The Morgan fingerprint density at radius 1 is 1.47 bits per heavy atom. The maximum absolute atomic E-state index is 5.09. The van der Waals surface area contributed by atoms with Crippen LogP contribution in [0.3, 0.4) is 0 Å². The number of aromatic nitrogens is 2. The Morgan fingerprint density at radius 3 is 3.06 bits per heavy atom. The van der Waals surface area contributed by atoms with Crippen molar-refractivity contribution >= 4 is 17.8 Å². The van der Waals surface area contributed by atoms with Gasteiger partial charge >= 0.3 is 6.01 Å². The summed E-state index contributed by atoms with van der Waals surface area (Å²) in [5.74, 6) is 1.63. The first kappa shape index (κ1) is 12.7. The molecule has 17 heavy (non-hydrogen) atoms. The highest BCUT2D eigenvalue weighted by molar-refractivity contribution is 7.99. The standard InChI is InChI=1S/C11H19N3O2S/c1-15-7-6-12-11-13-10(14-16-11)8-17-9-4-2-3-5-9/h9H,2-8H2,1H3,(H,12,13,14). The Morgan fingerprint density at radius 2 is 2.29 bits per heavy atom. The molecule has 0 radical (unpaired) electrons. The van der Waals surface area contributed by atoms with E-state index in [9.17, 15) is 0 Å². The first-order chi connectivity index (χ1) is 8.38. The van der Waals surface area contributed by atoms with Gasteiger partial charge in [0, 0.05) is 18.9 Å². The number of rotatable bonds is 7. The molecule has 0 aromatic carbocycles. The Kier molecular flexibility index (Phi) is 5.12. The van der Waals surface area contributed by atoms with Gasteiger partial charge in [-0.2, -0.15) is 16.7 Å². The van der Waals surface area contributed by atoms with Crippen LogP contribution >= 0.6 is 11.8 Å². The summed E-state index contributed by atoms with van der Waals surface area (Å²) < 4.78 is 10.0. The molecule has 5 nitrogen and oxygen atoms in total. The molecule has 2 rings (SSSR count). The average Bonchev–Trinajstić information content (AvgIpc) is 2.98. The molecule has 0 atom stereocenters. The second-order valence-electron chi connectivity index (χ2n) is 4.15. The van der Waals surface area contributed by atoms with Crippen molar-refractivity contribution in [3.05, 3.63) is 5.82 Å². The van der Waals surface area contributed by atoms with Gasteiger partial charge in [0.1, 0.15) is 0 Å². The number of thioether (sulfide) groups is 1. The molecule has 1 saturated carbocycles. The number of hydrogen-bond donors (Lipinski definition) is 1. The molecule has 1 aliphatic rings. The van der Waals surface area contributed by atoms with E-state index >= 15 is 0 Å². The van der Waals surface area contributed by atoms with Crippen LogP contribution in [0.4, 0.5) is 6.01 Å². The average molecular weight is 257 g/mol. The third kappa shape index (κ3) is 4.20. The normalized spacial score (nSPS) is 16.5. The van der Waals surface area contributed by atoms with E-state index in [1.165, 1.54) is 25.7 Å². The molecule has 0 amide bonds. The first-order valence-corrected chi connectivity index (χ1v) is 7.10. The Bertz CT molecular complexity index is 326. The maximum atomic E-state index is 5.09. The number of ether oxygens (including phenoxy) is 1. The molecule has 1 aromatic rings. The third-order valence-electron chi connectivity index (χ3n) is 2.80. The van der Waals surface area contributed by atoms with Gasteiger partial charge in [-0.1, -0.05) is 18.0 Å². The van der Waals surface area contributed by atoms with Crippen molar-refractivity contribution in [1.82, 2.24) is 10.1 Å². The smallest absolute Gasteiger partial charge is 0.321 e. The van der Waals surface area contributed by atoms with Crippen LogP contribution in [0.1, 0.15) is 31.5 Å². The molecule has 1 aliphatic carbocycles. The van der Waals surface area contributed by atoms with Crippen molar-refractivity contribution in [2.75, 3.05) is 25.6 Å². The van der Waals surface area contributed by atoms with Gasteiger partial charge in [0.15, 0.2) is 5.82 Å². The van der Waals surface area contributed by atoms with E-state index < -0.39 is 0 Å². The van der Waals surface area contributed by atoms with Crippen molar-refractivity contribution in [1.29, 1.82) is 0 Å². The van der Waals surface area contributed by atoms with Gasteiger partial charge < -0.3 is 14.6 Å². The molecule has 0 aliphatic heterocycles. The summed E-state index contributed by atoms with van der Waals surface area (Å²) in [5, 5.41) is 7.76. The number of methoxy groups -OCH3 is 1. The van der Waals surface area contributed by atoms with Gasteiger partial charge in [-0.05, 0) is 12.8 Å². The summed E-state index contributed by atoms with van der Waals surface area (Å²) in [6.07, 6.45) is 5.41. The van der Waals surface area contributed by atoms with E-state index in [1.54, 1.807) is 7.11 Å². The number of nitrogens with zero attached hydrogens (tertiary/aromatic N) is 2. The van der Waals surface area contributed by atoms with Gasteiger partial charge in [0.25, 0.3) is 0 Å². The van der Waals surface area contributed by atoms with Crippen molar-refractivity contribution in [2.45, 2.75) is 36.7 Å². The summed E-state index contributed by atoms with van der Waals surface area (Å²) in [7, 11) is 1.67. The molecular weight excluding hydrogens is 238 g/mol. The van der Waals surface area contributed by atoms with E-state index in [0.29, 0.717) is 19.2 Å². The van der Waals surface area contributed by atoms with Gasteiger partial charge in [0.05, 0.1) is 12.4 Å². The highest BCUT2D eigenvalue weighted by Gasteiger charge is 2.16. The van der Waals surface area contributed by atoms with Crippen LogP contribution in [-0.2, 0) is 10.5 Å². The van der Waals surface area contributed by atoms with Crippen LogP contribution in [0.2, 0.25) is 0 Å². The third-order valence-corrected chi connectivity index (χ3v) is 4.17. The van der Waals surface area contributed by atoms with Crippen LogP contribution in [0.5, 0.6) is 0 Å². The van der Waals surface area contributed by atoms with E-state index in [4.69, 9.17) is 9.26 Å². The zero-order valence-corrected chi connectivity index (χ0v) is 11.0. The van der Waals surface area contributed by atoms with Crippen molar-refractivity contribution < 1.29 is 9.26 Å². The van der Waals surface area contributed by atoms with Crippen molar-refractivity contribution in [2.24, 2.45) is 0 Å². The molecule has 1 heterocycles. The van der Waals surface area contributed by atoms with E-state index in [-0.39, 0.29) is 0 Å². The second-order valence-corrected chi connectivity index (χ2v) is 5.44. The number of anilines is 1. The summed E-state index contributed by atoms with van der Waals surface area (Å²) in [6.45, 7) is 1.32. The topological polar surface area (TPSA) is 60.2 Å². The molecule has 1 N–H and O–H groups in total. The minimum absolute atomic E-state index is 0.490. The van der Waals surface area contributed by atoms with Gasteiger partial charge in [-0.15, -0.1) is 0 Å². The van der Waals surface area contributed by atoms with Crippen LogP contribution in [0, 0.1) is 0 Å². The summed E-state index contributed by atoms with van der Waals surface area (Å²) in [5.41, 5.74) is 0. The van der Waals surface area contributed by atoms with E-state index in [1.807, 2.05) is 11.8 Å². The second kappa shape index (κ2) is 6.86. The monoisotopic (exact) mass is 257 g/mol. The lowest BCUT2D eigenvalue weighted by molar-refractivity contribution is 0.210. The van der Waals surface area contributed by atoms with Crippen LogP contribution in [-0.4, -0.2) is 35.7 Å². The molecule has 6 heteroatoms. The zero-order chi connectivity index (χ0) is 11.9. The van der Waals surface area contributed by atoms with Crippen LogP contribution in [0.15, 0.2) is 4.52 Å².